The summed E-state index contributed by atoms with van der Waals surface area (Å²) in [5.74, 6) is -0.0861. The molecule has 0 aliphatic heterocycles. The van der Waals surface area contributed by atoms with Gasteiger partial charge in [-0.15, -0.1) is 11.6 Å². The van der Waals surface area contributed by atoms with Gasteiger partial charge < -0.3 is 9.88 Å². The molecular weight excluding hydrogens is 252 g/mol. The van der Waals surface area contributed by atoms with Gasteiger partial charge in [0.2, 0.25) is 5.91 Å². The average molecular weight is 271 g/mol. The fourth-order valence-corrected chi connectivity index (χ4v) is 2.06. The van der Waals surface area contributed by atoms with Crippen molar-refractivity contribution in [2.24, 2.45) is 0 Å². The number of aromatic nitrogens is 1. The average Bonchev–Trinajstić information content (AvgIpc) is 2.61. The van der Waals surface area contributed by atoms with E-state index in [2.05, 4.69) is 5.32 Å². The summed E-state index contributed by atoms with van der Waals surface area (Å²) in [5.41, 5.74) is 2.48. The molecular formula is C13H19ClN2O2. The smallest absolute Gasteiger partial charge is 0.221 e. The summed E-state index contributed by atoms with van der Waals surface area (Å²) in [6, 6.07) is 1.83. The molecule has 18 heavy (non-hydrogen) atoms. The van der Waals surface area contributed by atoms with E-state index >= 15 is 0 Å². The summed E-state index contributed by atoms with van der Waals surface area (Å²) in [6.07, 6.45) is 0.400. The summed E-state index contributed by atoms with van der Waals surface area (Å²) < 4.78 is 1.97. The van der Waals surface area contributed by atoms with Crippen molar-refractivity contribution in [2.45, 2.75) is 39.1 Å². The maximum atomic E-state index is 11.9. The molecule has 0 saturated carbocycles. The van der Waals surface area contributed by atoms with Crippen LogP contribution in [0.15, 0.2) is 6.07 Å². The Labute approximate surface area is 112 Å². The Kier molecular flexibility index (Phi) is 4.96. The highest BCUT2D eigenvalue weighted by molar-refractivity contribution is 6.33. The first-order valence-electron chi connectivity index (χ1n) is 5.94. The van der Waals surface area contributed by atoms with Crippen LogP contribution in [0.4, 0.5) is 0 Å². The summed E-state index contributed by atoms with van der Waals surface area (Å²) >= 11 is 5.82. The van der Waals surface area contributed by atoms with Gasteiger partial charge in [0.05, 0.1) is 5.38 Å². The largest absolute Gasteiger partial charge is 0.359 e. The molecule has 1 aromatic rings. The highest BCUT2D eigenvalue weighted by Crippen LogP contribution is 2.18. The van der Waals surface area contributed by atoms with Crippen molar-refractivity contribution < 1.29 is 9.59 Å². The molecule has 0 fully saturated rings. The number of aryl methyl sites for hydroxylation is 1. The van der Waals surface area contributed by atoms with Gasteiger partial charge in [-0.05, 0) is 26.8 Å². The fourth-order valence-electron chi connectivity index (χ4n) is 1.95. The molecule has 1 rings (SSSR count). The lowest BCUT2D eigenvalue weighted by Crippen LogP contribution is -2.20. The lowest BCUT2D eigenvalue weighted by molar-refractivity contribution is -0.120. The zero-order valence-electron chi connectivity index (χ0n) is 11.2. The monoisotopic (exact) mass is 270 g/mol. The molecule has 0 saturated heterocycles. The van der Waals surface area contributed by atoms with Crippen LogP contribution in [-0.4, -0.2) is 28.7 Å². The van der Waals surface area contributed by atoms with Crippen LogP contribution in [-0.2, 0) is 11.3 Å². The van der Waals surface area contributed by atoms with Crippen LogP contribution in [0.2, 0.25) is 0 Å². The van der Waals surface area contributed by atoms with Gasteiger partial charge in [0.15, 0.2) is 5.78 Å². The predicted molar refractivity (Wildman–Crippen MR) is 72.2 cm³/mol. The highest BCUT2D eigenvalue weighted by atomic mass is 35.5. The van der Waals surface area contributed by atoms with Crippen molar-refractivity contribution in [1.82, 2.24) is 9.88 Å². The van der Waals surface area contributed by atoms with E-state index in [1.807, 2.05) is 24.5 Å². The molecule has 1 heterocycles. The summed E-state index contributed by atoms with van der Waals surface area (Å²) in [6.45, 7) is 6.04. The molecule has 5 heteroatoms. The van der Waals surface area contributed by atoms with Crippen LogP contribution in [0.1, 0.15) is 35.1 Å². The Bertz CT molecular complexity index is 464. The molecule has 1 amide bonds. The summed E-state index contributed by atoms with van der Waals surface area (Å²) in [5, 5.41) is 2.05. The normalized spacial score (nSPS) is 12.3. The molecule has 1 aromatic heterocycles. The SMILES string of the molecule is CNC(=O)CCn1c(C)cc(C(=O)C(C)Cl)c1C. The lowest BCUT2D eigenvalue weighted by atomic mass is 10.1. The van der Waals surface area contributed by atoms with E-state index in [0.717, 1.165) is 11.4 Å². The van der Waals surface area contributed by atoms with Gasteiger partial charge in [-0.25, -0.2) is 0 Å². The van der Waals surface area contributed by atoms with Crippen molar-refractivity contribution in [2.75, 3.05) is 7.05 Å². The second kappa shape index (κ2) is 6.05. The Morgan fingerprint density at radius 1 is 1.44 bits per heavy atom. The van der Waals surface area contributed by atoms with Crippen molar-refractivity contribution in [3.05, 3.63) is 23.0 Å². The van der Waals surface area contributed by atoms with E-state index in [0.29, 0.717) is 18.5 Å². The van der Waals surface area contributed by atoms with Gasteiger partial charge in [-0.1, -0.05) is 0 Å². The Balaban J connectivity index is 2.94. The molecule has 0 spiro atoms. The number of amides is 1. The molecule has 1 unspecified atom stereocenters. The molecule has 1 atom stereocenters. The number of hydrogen-bond acceptors (Lipinski definition) is 2. The molecule has 4 nitrogen and oxygen atoms in total. The second-order valence-electron chi connectivity index (χ2n) is 4.34. The number of carbonyl (C=O) groups is 2. The zero-order valence-corrected chi connectivity index (χ0v) is 12.0. The van der Waals surface area contributed by atoms with Gasteiger partial charge in [0, 0.05) is 37.0 Å². The number of nitrogens with one attached hydrogen (secondary N) is 1. The predicted octanol–water partition coefficient (Wildman–Crippen LogP) is 2.05. The van der Waals surface area contributed by atoms with Crippen LogP contribution in [0.25, 0.3) is 0 Å². The van der Waals surface area contributed by atoms with Crippen LogP contribution in [0.5, 0.6) is 0 Å². The van der Waals surface area contributed by atoms with Gasteiger partial charge in [0.1, 0.15) is 0 Å². The fraction of sp³-hybridized carbons (Fsp3) is 0.538. The standard InChI is InChI=1S/C13H19ClN2O2/c1-8-7-11(13(18)9(2)14)10(3)16(8)6-5-12(17)15-4/h7,9H,5-6H2,1-4H3,(H,15,17). The third kappa shape index (κ3) is 3.13. The first-order chi connectivity index (χ1) is 8.38. The number of ketones is 1. The molecule has 0 bridgehead atoms. The highest BCUT2D eigenvalue weighted by Gasteiger charge is 2.19. The number of hydrogen-bond donors (Lipinski definition) is 1. The first kappa shape index (κ1) is 14.8. The van der Waals surface area contributed by atoms with Crippen LogP contribution < -0.4 is 5.32 Å². The maximum Gasteiger partial charge on any atom is 0.221 e. The van der Waals surface area contributed by atoms with Crippen LogP contribution in [0.3, 0.4) is 0 Å². The van der Waals surface area contributed by atoms with Crippen molar-refractivity contribution in [3.63, 3.8) is 0 Å². The molecule has 0 aliphatic carbocycles. The van der Waals surface area contributed by atoms with Crippen molar-refractivity contribution >= 4 is 23.3 Å². The van der Waals surface area contributed by atoms with Crippen LogP contribution >= 0.6 is 11.6 Å². The Hall–Kier alpha value is -1.29. The number of rotatable bonds is 5. The first-order valence-corrected chi connectivity index (χ1v) is 6.37. The Morgan fingerprint density at radius 2 is 2.06 bits per heavy atom. The quantitative estimate of drug-likeness (QED) is 0.658. The van der Waals surface area contributed by atoms with Crippen LogP contribution in [0, 0.1) is 13.8 Å². The zero-order chi connectivity index (χ0) is 13.9. The number of carbonyl (C=O) groups excluding carboxylic acids is 2. The van der Waals surface area contributed by atoms with E-state index in [1.165, 1.54) is 0 Å². The minimum atomic E-state index is -0.530. The second-order valence-corrected chi connectivity index (χ2v) is 4.99. The van der Waals surface area contributed by atoms with Gasteiger partial charge in [-0.3, -0.25) is 9.59 Å². The minimum absolute atomic E-state index is 0.0129. The van der Waals surface area contributed by atoms with E-state index in [9.17, 15) is 9.59 Å². The molecule has 1 N–H and O–H groups in total. The maximum absolute atomic E-state index is 11.9. The summed E-state index contributed by atoms with van der Waals surface area (Å²) in [4.78, 5) is 23.1. The van der Waals surface area contributed by atoms with E-state index < -0.39 is 5.38 Å². The lowest BCUT2D eigenvalue weighted by Gasteiger charge is -2.09. The summed E-state index contributed by atoms with van der Waals surface area (Å²) in [7, 11) is 1.61. The third-order valence-corrected chi connectivity index (χ3v) is 3.24. The minimum Gasteiger partial charge on any atom is -0.359 e. The van der Waals surface area contributed by atoms with E-state index in [4.69, 9.17) is 11.6 Å². The molecule has 100 valence electrons. The Morgan fingerprint density at radius 3 is 2.56 bits per heavy atom. The number of nitrogens with zero attached hydrogens (tertiary/aromatic N) is 1. The number of halogens is 1. The number of Topliss-reactive ketones (excluding diaryl/α,β-unsaturated/α-hetero) is 1. The van der Waals surface area contributed by atoms with Crippen molar-refractivity contribution in [1.29, 1.82) is 0 Å². The molecule has 0 radical (unpaired) electrons. The third-order valence-electron chi connectivity index (χ3n) is 3.04. The van der Waals surface area contributed by atoms with E-state index in [-0.39, 0.29) is 11.7 Å². The van der Waals surface area contributed by atoms with Gasteiger partial charge >= 0.3 is 0 Å². The molecule has 0 aromatic carbocycles. The molecule has 0 aliphatic rings. The van der Waals surface area contributed by atoms with Gasteiger partial charge in [-0.2, -0.15) is 0 Å². The van der Waals surface area contributed by atoms with Gasteiger partial charge in [0.25, 0.3) is 0 Å². The van der Waals surface area contributed by atoms with Crippen molar-refractivity contribution in [3.8, 4) is 0 Å². The van der Waals surface area contributed by atoms with E-state index in [1.54, 1.807) is 14.0 Å². The number of alkyl halides is 1. The topological polar surface area (TPSA) is 51.1 Å².